The molecule has 0 spiro atoms. The summed E-state index contributed by atoms with van der Waals surface area (Å²) in [7, 11) is 0. The van der Waals surface area contributed by atoms with Crippen molar-refractivity contribution in [1.29, 1.82) is 0 Å². The lowest BCUT2D eigenvalue weighted by atomic mass is 10.4. The van der Waals surface area contributed by atoms with Crippen molar-refractivity contribution in [2.24, 2.45) is 0 Å². The number of aromatic nitrogens is 2. The normalized spacial score (nSPS) is 10.7. The van der Waals surface area contributed by atoms with Crippen molar-refractivity contribution in [3.63, 3.8) is 0 Å². The van der Waals surface area contributed by atoms with Crippen LogP contribution in [0.2, 0.25) is 0 Å². The van der Waals surface area contributed by atoms with Crippen LogP contribution in [0.4, 0.5) is 0 Å². The fourth-order valence-corrected chi connectivity index (χ4v) is 2.96. The molecule has 5 nitrogen and oxygen atoms in total. The van der Waals surface area contributed by atoms with Crippen LogP contribution in [0, 0.1) is 0 Å². The Labute approximate surface area is 109 Å². The predicted molar refractivity (Wildman–Crippen MR) is 68.2 cm³/mol. The van der Waals surface area contributed by atoms with Crippen molar-refractivity contribution >= 4 is 43.3 Å². The number of thiophene rings is 1. The Kier molecular flexibility index (Phi) is 3.58. The van der Waals surface area contributed by atoms with E-state index in [4.69, 9.17) is 4.74 Å². The first-order valence-corrected chi connectivity index (χ1v) is 6.59. The van der Waals surface area contributed by atoms with Gasteiger partial charge >= 0.3 is 5.97 Å². The summed E-state index contributed by atoms with van der Waals surface area (Å²) in [5.74, 6) is -0.465. The Bertz CT molecular complexity index is 620. The van der Waals surface area contributed by atoms with Crippen LogP contribution in [0.3, 0.4) is 0 Å². The molecule has 7 heteroatoms. The molecule has 2 aromatic rings. The van der Waals surface area contributed by atoms with Gasteiger partial charge in [-0.2, -0.15) is 5.10 Å². The highest BCUT2D eigenvalue weighted by Crippen LogP contribution is 2.26. The monoisotopic (exact) mass is 316 g/mol. The number of fused-ring (bicyclic) bond motifs is 1. The smallest absolute Gasteiger partial charge is 0.327 e. The van der Waals surface area contributed by atoms with E-state index in [-0.39, 0.29) is 18.7 Å². The Morgan fingerprint density at radius 3 is 3.12 bits per heavy atom. The lowest BCUT2D eigenvalue weighted by Crippen LogP contribution is -2.27. The van der Waals surface area contributed by atoms with E-state index < -0.39 is 5.97 Å². The van der Waals surface area contributed by atoms with Crippen molar-refractivity contribution in [1.82, 2.24) is 9.78 Å². The molecule has 0 saturated heterocycles. The van der Waals surface area contributed by atoms with Gasteiger partial charge in [0.05, 0.1) is 22.9 Å². The zero-order valence-corrected chi connectivity index (χ0v) is 11.4. The van der Waals surface area contributed by atoms with Gasteiger partial charge < -0.3 is 4.74 Å². The molecule has 90 valence electrons. The standard InChI is InChI=1S/C10H9BrN2O3S/c1-2-16-8(14)4-13-10(15)9-6(11)5-17-7(9)3-12-13/h3,5H,2,4H2,1H3. The highest BCUT2D eigenvalue weighted by atomic mass is 79.9. The fraction of sp³-hybridized carbons (Fsp3) is 0.300. The largest absolute Gasteiger partial charge is 0.465 e. The Morgan fingerprint density at radius 2 is 2.41 bits per heavy atom. The minimum Gasteiger partial charge on any atom is -0.465 e. The molecule has 0 aromatic carbocycles. The molecule has 0 atom stereocenters. The molecule has 0 amide bonds. The summed E-state index contributed by atoms with van der Waals surface area (Å²) in [5.41, 5.74) is -0.288. The van der Waals surface area contributed by atoms with E-state index in [0.29, 0.717) is 5.39 Å². The average Bonchev–Trinajstić information content (AvgIpc) is 2.65. The van der Waals surface area contributed by atoms with Crippen LogP contribution in [0.5, 0.6) is 0 Å². The summed E-state index contributed by atoms with van der Waals surface area (Å²) in [6, 6.07) is 0. The van der Waals surface area contributed by atoms with Gasteiger partial charge in [-0.15, -0.1) is 11.3 Å². The first-order valence-electron chi connectivity index (χ1n) is 4.92. The van der Waals surface area contributed by atoms with Crippen LogP contribution in [-0.4, -0.2) is 22.4 Å². The maximum atomic E-state index is 12.0. The number of carbonyl (C=O) groups excluding carboxylic acids is 1. The van der Waals surface area contributed by atoms with Crippen molar-refractivity contribution in [2.45, 2.75) is 13.5 Å². The molecule has 2 heterocycles. The van der Waals surface area contributed by atoms with Crippen LogP contribution in [0.15, 0.2) is 20.8 Å². The molecule has 0 N–H and O–H groups in total. The highest BCUT2D eigenvalue weighted by Gasteiger charge is 2.12. The predicted octanol–water partition coefficient (Wildman–Crippen LogP) is 1.78. The molecule has 2 aromatic heterocycles. The number of nitrogens with zero attached hydrogens (tertiary/aromatic N) is 2. The van der Waals surface area contributed by atoms with Gasteiger partial charge in [-0.25, -0.2) is 4.68 Å². The zero-order valence-electron chi connectivity index (χ0n) is 8.97. The maximum absolute atomic E-state index is 12.0. The van der Waals surface area contributed by atoms with E-state index in [1.807, 2.05) is 5.38 Å². The summed E-state index contributed by atoms with van der Waals surface area (Å²) < 4.78 is 7.40. The number of esters is 1. The topological polar surface area (TPSA) is 61.2 Å². The van der Waals surface area contributed by atoms with Crippen molar-refractivity contribution < 1.29 is 9.53 Å². The number of hydrogen-bond donors (Lipinski definition) is 0. The van der Waals surface area contributed by atoms with Gasteiger partial charge in [0.2, 0.25) is 0 Å². The van der Waals surface area contributed by atoms with Crippen molar-refractivity contribution in [2.75, 3.05) is 6.61 Å². The van der Waals surface area contributed by atoms with Crippen LogP contribution in [0.25, 0.3) is 10.1 Å². The van der Waals surface area contributed by atoms with E-state index in [9.17, 15) is 9.59 Å². The second-order valence-electron chi connectivity index (χ2n) is 3.24. The maximum Gasteiger partial charge on any atom is 0.327 e. The summed E-state index contributed by atoms with van der Waals surface area (Å²) >= 11 is 4.73. The average molecular weight is 317 g/mol. The quantitative estimate of drug-likeness (QED) is 0.810. The number of carbonyl (C=O) groups is 1. The molecule has 2 rings (SSSR count). The SMILES string of the molecule is CCOC(=O)Cn1ncc2scc(Br)c2c1=O. The molecule has 0 aliphatic carbocycles. The molecule has 0 aliphatic heterocycles. The molecule has 0 bridgehead atoms. The summed E-state index contributed by atoms with van der Waals surface area (Å²) in [6.07, 6.45) is 1.57. The van der Waals surface area contributed by atoms with Gasteiger partial charge in [-0.3, -0.25) is 9.59 Å². The number of rotatable bonds is 3. The lowest BCUT2D eigenvalue weighted by Gasteiger charge is -2.04. The van der Waals surface area contributed by atoms with Crippen LogP contribution < -0.4 is 5.56 Å². The van der Waals surface area contributed by atoms with E-state index in [2.05, 4.69) is 21.0 Å². The summed E-state index contributed by atoms with van der Waals surface area (Å²) in [6.45, 7) is 1.84. The summed E-state index contributed by atoms with van der Waals surface area (Å²) in [4.78, 5) is 23.3. The molecule has 0 unspecified atom stereocenters. The third-order valence-electron chi connectivity index (χ3n) is 2.12. The number of ether oxygens (including phenoxy) is 1. The molecule has 0 radical (unpaired) electrons. The molecular formula is C10H9BrN2O3S. The Morgan fingerprint density at radius 1 is 1.65 bits per heavy atom. The van der Waals surface area contributed by atoms with Gasteiger partial charge in [0.25, 0.3) is 5.56 Å². The van der Waals surface area contributed by atoms with Gasteiger partial charge in [-0.05, 0) is 22.9 Å². The second kappa shape index (κ2) is 4.97. The van der Waals surface area contributed by atoms with Crippen molar-refractivity contribution in [3.8, 4) is 0 Å². The molecule has 0 fully saturated rings. The fourth-order valence-electron chi connectivity index (χ4n) is 1.40. The van der Waals surface area contributed by atoms with Crippen molar-refractivity contribution in [3.05, 3.63) is 26.4 Å². The van der Waals surface area contributed by atoms with E-state index >= 15 is 0 Å². The number of halogens is 1. The van der Waals surface area contributed by atoms with Gasteiger partial charge in [-0.1, -0.05) is 0 Å². The Balaban J connectivity index is 2.42. The first kappa shape index (κ1) is 12.3. The summed E-state index contributed by atoms with van der Waals surface area (Å²) in [5, 5.41) is 6.31. The van der Waals surface area contributed by atoms with Gasteiger partial charge in [0, 0.05) is 9.85 Å². The van der Waals surface area contributed by atoms with E-state index in [1.165, 1.54) is 11.3 Å². The molecular weight excluding hydrogens is 308 g/mol. The zero-order chi connectivity index (χ0) is 12.4. The molecule has 17 heavy (non-hydrogen) atoms. The minimum absolute atomic E-state index is 0.162. The molecule has 0 saturated carbocycles. The number of hydrogen-bond acceptors (Lipinski definition) is 5. The highest BCUT2D eigenvalue weighted by molar-refractivity contribution is 9.10. The van der Waals surface area contributed by atoms with E-state index in [0.717, 1.165) is 13.9 Å². The van der Waals surface area contributed by atoms with Gasteiger partial charge in [0.15, 0.2) is 0 Å². The Hall–Kier alpha value is -1.21. The lowest BCUT2D eigenvalue weighted by molar-refractivity contribution is -0.144. The first-order chi connectivity index (χ1) is 8.13. The van der Waals surface area contributed by atoms with Gasteiger partial charge in [0.1, 0.15) is 6.54 Å². The minimum atomic E-state index is -0.465. The molecule has 0 aliphatic rings. The second-order valence-corrected chi connectivity index (χ2v) is 5.00. The van der Waals surface area contributed by atoms with E-state index in [1.54, 1.807) is 13.1 Å². The third-order valence-corrected chi connectivity index (χ3v) is 3.97. The van der Waals surface area contributed by atoms with Crippen LogP contribution in [0.1, 0.15) is 6.92 Å². The third kappa shape index (κ3) is 2.39. The van der Waals surface area contributed by atoms with Crippen LogP contribution >= 0.6 is 27.3 Å². The van der Waals surface area contributed by atoms with Crippen LogP contribution in [-0.2, 0) is 16.1 Å².